The standard InChI is InChI=1S/C13H22N2O3.ClH/c1-18-11(16)7-15-13(17)10-5-8-3-2-4-9(6-10)12(8)14;/h8-10,12H,2-7,14H2,1H3,(H,15,17);1H. The van der Waals surface area contributed by atoms with E-state index in [1.165, 1.54) is 13.5 Å². The van der Waals surface area contributed by atoms with Crippen molar-refractivity contribution in [3.05, 3.63) is 0 Å². The molecule has 2 bridgehead atoms. The molecule has 0 saturated heterocycles. The first kappa shape index (κ1) is 16.2. The minimum absolute atomic E-state index is 0. The molecule has 110 valence electrons. The molecule has 2 fully saturated rings. The number of amides is 1. The summed E-state index contributed by atoms with van der Waals surface area (Å²) in [5, 5.41) is 2.65. The van der Waals surface area contributed by atoms with Crippen LogP contribution in [0.2, 0.25) is 0 Å². The van der Waals surface area contributed by atoms with Crippen molar-refractivity contribution < 1.29 is 14.3 Å². The smallest absolute Gasteiger partial charge is 0.325 e. The lowest BCUT2D eigenvalue weighted by atomic mass is 9.65. The molecule has 0 radical (unpaired) electrons. The lowest BCUT2D eigenvalue weighted by molar-refractivity contribution is -0.142. The molecule has 19 heavy (non-hydrogen) atoms. The largest absolute Gasteiger partial charge is 0.468 e. The molecule has 2 aliphatic rings. The van der Waals surface area contributed by atoms with Gasteiger partial charge in [0, 0.05) is 12.0 Å². The number of nitrogens with two attached hydrogens (primary N) is 1. The summed E-state index contributed by atoms with van der Waals surface area (Å²) in [5.74, 6) is 0.544. The molecule has 3 N–H and O–H groups in total. The van der Waals surface area contributed by atoms with Crippen LogP contribution in [0.4, 0.5) is 0 Å². The Balaban J connectivity index is 0.00000180. The topological polar surface area (TPSA) is 81.4 Å². The number of halogens is 1. The first-order chi connectivity index (χ1) is 8.61. The van der Waals surface area contributed by atoms with Crippen LogP contribution in [0.15, 0.2) is 0 Å². The number of ether oxygens (including phenoxy) is 1. The lowest BCUT2D eigenvalue weighted by Gasteiger charge is -2.43. The zero-order valence-corrected chi connectivity index (χ0v) is 12.1. The van der Waals surface area contributed by atoms with Gasteiger partial charge in [0.1, 0.15) is 6.54 Å². The number of carbonyl (C=O) groups is 2. The van der Waals surface area contributed by atoms with Gasteiger partial charge in [-0.1, -0.05) is 6.42 Å². The summed E-state index contributed by atoms with van der Waals surface area (Å²) in [4.78, 5) is 23.0. The Bertz CT molecular complexity index is 324. The van der Waals surface area contributed by atoms with Crippen LogP contribution in [0.25, 0.3) is 0 Å². The van der Waals surface area contributed by atoms with E-state index in [0.717, 1.165) is 25.7 Å². The van der Waals surface area contributed by atoms with Gasteiger partial charge in [0.2, 0.25) is 5.91 Å². The Morgan fingerprint density at radius 2 is 1.84 bits per heavy atom. The fraction of sp³-hybridized carbons (Fsp3) is 0.846. The average molecular weight is 291 g/mol. The third-order valence-corrected chi connectivity index (χ3v) is 4.42. The Hall–Kier alpha value is -0.810. The second-order valence-electron chi connectivity index (χ2n) is 5.49. The van der Waals surface area contributed by atoms with Crippen molar-refractivity contribution in [2.24, 2.45) is 23.5 Å². The van der Waals surface area contributed by atoms with Crippen LogP contribution in [0.1, 0.15) is 32.1 Å². The van der Waals surface area contributed by atoms with Crippen molar-refractivity contribution in [1.29, 1.82) is 0 Å². The van der Waals surface area contributed by atoms with Crippen molar-refractivity contribution in [3.8, 4) is 0 Å². The number of nitrogens with one attached hydrogen (secondary N) is 1. The molecule has 0 heterocycles. The quantitative estimate of drug-likeness (QED) is 0.755. The van der Waals surface area contributed by atoms with Gasteiger partial charge in [0.15, 0.2) is 0 Å². The average Bonchev–Trinajstić information content (AvgIpc) is 2.35. The van der Waals surface area contributed by atoms with Gasteiger partial charge in [-0.3, -0.25) is 9.59 Å². The number of hydrogen-bond acceptors (Lipinski definition) is 4. The van der Waals surface area contributed by atoms with Gasteiger partial charge < -0.3 is 15.8 Å². The van der Waals surface area contributed by atoms with Gasteiger partial charge >= 0.3 is 5.97 Å². The van der Waals surface area contributed by atoms with E-state index in [1.807, 2.05) is 0 Å². The number of rotatable bonds is 3. The van der Waals surface area contributed by atoms with Crippen LogP contribution < -0.4 is 11.1 Å². The van der Waals surface area contributed by atoms with Crippen LogP contribution in [-0.4, -0.2) is 31.6 Å². The number of hydrogen-bond donors (Lipinski definition) is 2. The highest BCUT2D eigenvalue weighted by molar-refractivity contribution is 5.85. The zero-order chi connectivity index (χ0) is 13.1. The monoisotopic (exact) mass is 290 g/mol. The van der Waals surface area contributed by atoms with Gasteiger partial charge in [-0.05, 0) is 37.5 Å². The van der Waals surface area contributed by atoms with Crippen LogP contribution in [0.5, 0.6) is 0 Å². The fourth-order valence-corrected chi connectivity index (χ4v) is 3.38. The van der Waals surface area contributed by atoms with Crippen LogP contribution in [0, 0.1) is 17.8 Å². The molecule has 0 aromatic rings. The SMILES string of the molecule is COC(=O)CNC(=O)C1CC2CCCC(C1)C2N.Cl. The molecular weight excluding hydrogens is 268 g/mol. The van der Waals surface area contributed by atoms with Crippen molar-refractivity contribution in [1.82, 2.24) is 5.32 Å². The molecule has 1 amide bonds. The van der Waals surface area contributed by atoms with E-state index in [0.29, 0.717) is 11.8 Å². The first-order valence-electron chi connectivity index (χ1n) is 6.72. The summed E-state index contributed by atoms with van der Waals surface area (Å²) in [5.41, 5.74) is 6.18. The number of fused-ring (bicyclic) bond motifs is 2. The first-order valence-corrected chi connectivity index (χ1v) is 6.72. The van der Waals surface area contributed by atoms with Crippen LogP contribution >= 0.6 is 12.4 Å². The van der Waals surface area contributed by atoms with Gasteiger partial charge in [-0.25, -0.2) is 0 Å². The Morgan fingerprint density at radius 1 is 1.26 bits per heavy atom. The van der Waals surface area contributed by atoms with Crippen molar-refractivity contribution in [3.63, 3.8) is 0 Å². The molecule has 0 spiro atoms. The maximum Gasteiger partial charge on any atom is 0.325 e. The van der Waals surface area contributed by atoms with E-state index in [1.54, 1.807) is 0 Å². The van der Waals surface area contributed by atoms with E-state index in [9.17, 15) is 9.59 Å². The highest BCUT2D eigenvalue weighted by Crippen LogP contribution is 2.41. The van der Waals surface area contributed by atoms with Crippen LogP contribution in [0.3, 0.4) is 0 Å². The summed E-state index contributed by atoms with van der Waals surface area (Å²) in [6.45, 7) is -0.0345. The van der Waals surface area contributed by atoms with Gasteiger partial charge in [-0.15, -0.1) is 12.4 Å². The summed E-state index contributed by atoms with van der Waals surface area (Å²) < 4.78 is 4.51. The lowest BCUT2D eigenvalue weighted by Crippen LogP contribution is -2.49. The minimum atomic E-state index is -0.406. The second kappa shape index (κ2) is 7.10. The number of methoxy groups -OCH3 is 1. The third kappa shape index (κ3) is 3.83. The number of carbonyl (C=O) groups excluding carboxylic acids is 2. The molecule has 2 unspecified atom stereocenters. The highest BCUT2D eigenvalue weighted by atomic mass is 35.5. The van der Waals surface area contributed by atoms with E-state index in [-0.39, 0.29) is 36.8 Å². The molecule has 2 rings (SSSR count). The molecular formula is C13H23ClN2O3. The Labute approximate surface area is 120 Å². The van der Waals surface area contributed by atoms with Gasteiger partial charge in [0.05, 0.1) is 7.11 Å². The second-order valence-corrected chi connectivity index (χ2v) is 5.49. The summed E-state index contributed by atoms with van der Waals surface area (Å²) in [6.07, 6.45) is 5.24. The summed E-state index contributed by atoms with van der Waals surface area (Å²) in [7, 11) is 1.32. The fourth-order valence-electron chi connectivity index (χ4n) is 3.38. The van der Waals surface area contributed by atoms with E-state index >= 15 is 0 Å². The van der Waals surface area contributed by atoms with E-state index in [4.69, 9.17) is 5.73 Å². The summed E-state index contributed by atoms with van der Waals surface area (Å²) >= 11 is 0. The summed E-state index contributed by atoms with van der Waals surface area (Å²) in [6, 6.07) is 0.267. The molecule has 2 aliphatic carbocycles. The van der Waals surface area contributed by atoms with Crippen molar-refractivity contribution in [2.45, 2.75) is 38.1 Å². The predicted octanol–water partition coefficient (Wildman–Crippen LogP) is 0.851. The predicted molar refractivity (Wildman–Crippen MR) is 73.8 cm³/mol. The van der Waals surface area contributed by atoms with Gasteiger partial charge in [-0.2, -0.15) is 0 Å². The highest BCUT2D eigenvalue weighted by Gasteiger charge is 2.40. The molecule has 2 atom stereocenters. The van der Waals surface area contributed by atoms with Crippen LogP contribution in [-0.2, 0) is 14.3 Å². The minimum Gasteiger partial charge on any atom is -0.468 e. The maximum absolute atomic E-state index is 12.0. The Morgan fingerprint density at radius 3 is 2.37 bits per heavy atom. The van der Waals surface area contributed by atoms with E-state index in [2.05, 4.69) is 10.1 Å². The van der Waals surface area contributed by atoms with E-state index < -0.39 is 5.97 Å². The molecule has 0 aromatic carbocycles. The molecule has 0 aromatic heterocycles. The molecule has 0 aliphatic heterocycles. The zero-order valence-electron chi connectivity index (χ0n) is 11.3. The van der Waals surface area contributed by atoms with Crippen molar-refractivity contribution in [2.75, 3.05) is 13.7 Å². The van der Waals surface area contributed by atoms with Crippen molar-refractivity contribution >= 4 is 24.3 Å². The normalized spacial score (nSPS) is 32.9. The Kier molecular flexibility index (Phi) is 6.07. The maximum atomic E-state index is 12.0. The third-order valence-electron chi connectivity index (χ3n) is 4.42. The number of esters is 1. The molecule has 5 nitrogen and oxygen atoms in total. The molecule has 2 saturated carbocycles. The molecule has 6 heteroatoms. The van der Waals surface area contributed by atoms with Gasteiger partial charge in [0.25, 0.3) is 0 Å².